The Bertz CT molecular complexity index is 819. The molecule has 1 amide bonds. The van der Waals surface area contributed by atoms with E-state index < -0.39 is 11.7 Å². The van der Waals surface area contributed by atoms with Crippen LogP contribution in [0.15, 0.2) is 42.6 Å². The molecule has 0 bridgehead atoms. The first-order chi connectivity index (χ1) is 11.4. The number of halogens is 1. The number of anilines is 1. The number of hydrogen-bond donors (Lipinski definition) is 0. The Morgan fingerprint density at radius 2 is 2.00 bits per heavy atom. The molecular formula is C19H17FN2O2. The number of carbonyl (C=O) groups is 1. The molecule has 0 spiro atoms. The summed E-state index contributed by atoms with van der Waals surface area (Å²) in [6.45, 7) is 4.34. The average molecular weight is 324 g/mol. The van der Waals surface area contributed by atoms with Crippen molar-refractivity contribution in [2.45, 2.75) is 25.9 Å². The fraction of sp³-hybridized carbons (Fsp3) is 0.263. The topological polar surface area (TPSA) is 42.4 Å². The van der Waals surface area contributed by atoms with E-state index >= 15 is 0 Å². The SMILES string of the molecule is CC1(C)CCN(c2ccc(C#Cc3cccc(F)c3)cn2)C(=O)O1. The number of carbonyl (C=O) groups excluding carboxylic acids is 1. The highest BCUT2D eigenvalue weighted by Gasteiger charge is 2.33. The smallest absolute Gasteiger partial charge is 0.416 e. The molecule has 1 aromatic carbocycles. The normalized spacial score (nSPS) is 16.1. The zero-order valence-corrected chi connectivity index (χ0v) is 13.5. The first-order valence-corrected chi connectivity index (χ1v) is 7.67. The zero-order valence-electron chi connectivity index (χ0n) is 13.5. The van der Waals surface area contributed by atoms with E-state index in [0.717, 1.165) is 6.42 Å². The second-order valence-electron chi connectivity index (χ2n) is 6.19. The van der Waals surface area contributed by atoms with E-state index in [9.17, 15) is 9.18 Å². The first kappa shape index (κ1) is 16.0. The number of nitrogens with zero attached hydrogens (tertiary/aromatic N) is 2. The zero-order chi connectivity index (χ0) is 17.2. The van der Waals surface area contributed by atoms with Gasteiger partial charge in [0.25, 0.3) is 0 Å². The molecule has 0 saturated carbocycles. The number of aromatic nitrogens is 1. The lowest BCUT2D eigenvalue weighted by molar-refractivity contribution is 0.0234. The highest BCUT2D eigenvalue weighted by molar-refractivity contribution is 5.87. The number of benzene rings is 1. The third kappa shape index (κ3) is 3.72. The van der Waals surface area contributed by atoms with Crippen LogP contribution in [0.25, 0.3) is 0 Å². The van der Waals surface area contributed by atoms with Gasteiger partial charge >= 0.3 is 6.09 Å². The monoisotopic (exact) mass is 324 g/mol. The predicted molar refractivity (Wildman–Crippen MR) is 89.1 cm³/mol. The van der Waals surface area contributed by atoms with Gasteiger partial charge in [-0.2, -0.15) is 0 Å². The van der Waals surface area contributed by atoms with E-state index in [1.165, 1.54) is 17.0 Å². The first-order valence-electron chi connectivity index (χ1n) is 7.67. The fourth-order valence-corrected chi connectivity index (χ4v) is 2.35. The highest BCUT2D eigenvalue weighted by Crippen LogP contribution is 2.25. The van der Waals surface area contributed by atoms with Gasteiger partial charge < -0.3 is 4.74 Å². The van der Waals surface area contributed by atoms with E-state index in [4.69, 9.17) is 4.74 Å². The minimum Gasteiger partial charge on any atom is -0.443 e. The second kappa shape index (κ2) is 6.32. The van der Waals surface area contributed by atoms with Crippen molar-refractivity contribution in [1.29, 1.82) is 0 Å². The van der Waals surface area contributed by atoms with Crippen LogP contribution in [-0.4, -0.2) is 23.2 Å². The molecule has 2 aromatic rings. The van der Waals surface area contributed by atoms with Gasteiger partial charge in [0.2, 0.25) is 0 Å². The van der Waals surface area contributed by atoms with Crippen LogP contribution >= 0.6 is 0 Å². The van der Waals surface area contributed by atoms with E-state index in [0.29, 0.717) is 23.5 Å². The van der Waals surface area contributed by atoms with Crippen molar-refractivity contribution in [3.63, 3.8) is 0 Å². The molecule has 0 atom stereocenters. The standard InChI is InChI=1S/C19H17FN2O2/c1-19(2)10-11-22(18(23)24-19)17-9-8-15(13-21-17)7-6-14-4-3-5-16(20)12-14/h3-5,8-9,12-13H,10-11H2,1-2H3. The van der Waals surface area contributed by atoms with Gasteiger partial charge in [0.1, 0.15) is 17.2 Å². The Labute approximate surface area is 140 Å². The molecule has 2 heterocycles. The van der Waals surface area contributed by atoms with E-state index in [-0.39, 0.29) is 5.82 Å². The number of pyridine rings is 1. The Morgan fingerprint density at radius 3 is 2.67 bits per heavy atom. The molecule has 0 radical (unpaired) electrons. The van der Waals surface area contributed by atoms with Gasteiger partial charge in [0.05, 0.1) is 0 Å². The molecule has 1 aromatic heterocycles. The molecule has 24 heavy (non-hydrogen) atoms. The Balaban J connectivity index is 1.74. The summed E-state index contributed by atoms with van der Waals surface area (Å²) in [4.78, 5) is 17.8. The summed E-state index contributed by atoms with van der Waals surface area (Å²) < 4.78 is 18.5. The van der Waals surface area contributed by atoms with Crippen LogP contribution in [-0.2, 0) is 4.74 Å². The number of cyclic esters (lactones) is 1. The summed E-state index contributed by atoms with van der Waals surface area (Å²) in [5.41, 5.74) is 0.846. The van der Waals surface area contributed by atoms with Gasteiger partial charge in [-0.25, -0.2) is 14.2 Å². The molecule has 0 aliphatic carbocycles. The fourth-order valence-electron chi connectivity index (χ4n) is 2.35. The Hall–Kier alpha value is -2.87. The second-order valence-corrected chi connectivity index (χ2v) is 6.19. The summed E-state index contributed by atoms with van der Waals surface area (Å²) in [5.74, 6) is 6.03. The summed E-state index contributed by atoms with van der Waals surface area (Å²) >= 11 is 0. The third-order valence-electron chi connectivity index (χ3n) is 3.72. The number of ether oxygens (including phenoxy) is 1. The molecule has 0 unspecified atom stereocenters. The third-order valence-corrected chi connectivity index (χ3v) is 3.72. The molecule has 1 aliphatic heterocycles. The van der Waals surface area contributed by atoms with E-state index in [1.54, 1.807) is 30.5 Å². The molecule has 1 fully saturated rings. The number of rotatable bonds is 1. The molecule has 4 nitrogen and oxygen atoms in total. The molecule has 1 aliphatic rings. The number of hydrogen-bond acceptors (Lipinski definition) is 3. The quantitative estimate of drug-likeness (QED) is 0.750. The lowest BCUT2D eigenvalue weighted by atomic mass is 10.0. The minimum atomic E-state index is -0.441. The van der Waals surface area contributed by atoms with Gasteiger partial charge in [-0.1, -0.05) is 17.9 Å². The predicted octanol–water partition coefficient (Wildman–Crippen LogP) is 3.75. The number of amides is 1. The van der Waals surface area contributed by atoms with E-state index in [2.05, 4.69) is 16.8 Å². The lowest BCUT2D eigenvalue weighted by Crippen LogP contribution is -2.47. The molecule has 3 rings (SSSR count). The maximum absolute atomic E-state index is 13.1. The van der Waals surface area contributed by atoms with Crippen LogP contribution in [0, 0.1) is 17.7 Å². The maximum Gasteiger partial charge on any atom is 0.416 e. The highest BCUT2D eigenvalue weighted by atomic mass is 19.1. The van der Waals surface area contributed by atoms with Crippen molar-refractivity contribution in [2.24, 2.45) is 0 Å². The van der Waals surface area contributed by atoms with Crippen LogP contribution in [0.3, 0.4) is 0 Å². The van der Waals surface area contributed by atoms with Crippen molar-refractivity contribution in [1.82, 2.24) is 4.98 Å². The lowest BCUT2D eigenvalue weighted by Gasteiger charge is -2.35. The Kier molecular flexibility index (Phi) is 4.22. The minimum absolute atomic E-state index is 0.318. The van der Waals surface area contributed by atoms with Gasteiger partial charge in [-0.05, 0) is 44.2 Å². The van der Waals surface area contributed by atoms with Gasteiger partial charge in [-0.3, -0.25) is 4.90 Å². The summed E-state index contributed by atoms with van der Waals surface area (Å²) in [6, 6.07) is 9.62. The van der Waals surface area contributed by atoms with Crippen molar-refractivity contribution in [2.75, 3.05) is 11.4 Å². The van der Waals surface area contributed by atoms with Crippen LogP contribution in [0.5, 0.6) is 0 Å². The van der Waals surface area contributed by atoms with Crippen LogP contribution in [0.1, 0.15) is 31.4 Å². The molecule has 122 valence electrons. The molecule has 0 N–H and O–H groups in total. The van der Waals surface area contributed by atoms with Crippen molar-refractivity contribution < 1.29 is 13.9 Å². The van der Waals surface area contributed by atoms with Crippen molar-refractivity contribution in [3.8, 4) is 11.8 Å². The Morgan fingerprint density at radius 1 is 1.21 bits per heavy atom. The summed E-state index contributed by atoms with van der Waals surface area (Å²) in [6.07, 6.45) is 1.94. The average Bonchev–Trinajstić information content (AvgIpc) is 2.53. The van der Waals surface area contributed by atoms with Crippen LogP contribution < -0.4 is 4.90 Å². The van der Waals surface area contributed by atoms with E-state index in [1.807, 2.05) is 13.8 Å². The van der Waals surface area contributed by atoms with Crippen LogP contribution in [0.2, 0.25) is 0 Å². The van der Waals surface area contributed by atoms with Crippen molar-refractivity contribution in [3.05, 3.63) is 59.5 Å². The van der Waals surface area contributed by atoms with Gasteiger partial charge in [-0.15, -0.1) is 0 Å². The van der Waals surface area contributed by atoms with Crippen molar-refractivity contribution >= 4 is 11.9 Å². The van der Waals surface area contributed by atoms with Crippen LogP contribution in [0.4, 0.5) is 15.0 Å². The molecular weight excluding hydrogens is 307 g/mol. The molecule has 5 heteroatoms. The summed E-state index contributed by atoms with van der Waals surface area (Å²) in [5, 5.41) is 0. The van der Waals surface area contributed by atoms with Gasteiger partial charge in [0, 0.05) is 30.3 Å². The largest absolute Gasteiger partial charge is 0.443 e. The van der Waals surface area contributed by atoms with Gasteiger partial charge in [0.15, 0.2) is 0 Å². The maximum atomic E-state index is 13.1. The summed E-state index contributed by atoms with van der Waals surface area (Å²) in [7, 11) is 0. The molecule has 1 saturated heterocycles.